The van der Waals surface area contributed by atoms with Gasteiger partial charge >= 0.3 is 12.1 Å². The summed E-state index contributed by atoms with van der Waals surface area (Å²) in [4.78, 5) is 24.9. The lowest BCUT2D eigenvalue weighted by molar-refractivity contribution is 0.239. The second-order valence-corrected chi connectivity index (χ2v) is 5.86. The molecule has 0 aliphatic heterocycles. The molecule has 4 amide bonds. The number of hydrogen-bond acceptors (Lipinski definition) is 5. The third-order valence-electron chi connectivity index (χ3n) is 2.77. The second-order valence-electron chi connectivity index (χ2n) is 5.86. The lowest BCUT2D eigenvalue weighted by atomic mass is 10.3. The number of hydrazone groups is 2. The van der Waals surface area contributed by atoms with Crippen molar-refractivity contribution in [3.05, 3.63) is 0 Å². The summed E-state index contributed by atoms with van der Waals surface area (Å²) in [7, 11) is 2.01. The standard InChI is InChI=1S/C15H31N7O2/c1-12(2)18-20-14(23)16-8-6-10-22(5)11-7-9-17-15(24)21-19-13(3)4/h6-11H2,1-5H3,(H2,16,20,23)(H2,17,21,24). The summed E-state index contributed by atoms with van der Waals surface area (Å²) in [6, 6.07) is -0.585. The summed E-state index contributed by atoms with van der Waals surface area (Å²) in [5, 5.41) is 13.1. The Morgan fingerprint density at radius 2 is 1.17 bits per heavy atom. The van der Waals surface area contributed by atoms with Crippen LogP contribution in [-0.4, -0.2) is 61.6 Å². The van der Waals surface area contributed by atoms with Crippen molar-refractivity contribution >= 4 is 23.5 Å². The molecule has 0 unspecified atom stereocenters. The Labute approximate surface area is 144 Å². The molecule has 0 saturated carbocycles. The minimum Gasteiger partial charge on any atom is -0.337 e. The SMILES string of the molecule is CC(C)=NNC(=O)NCCCN(C)CCCNC(=O)NN=C(C)C. The van der Waals surface area contributed by atoms with Crippen LogP contribution < -0.4 is 21.5 Å². The molecule has 0 aromatic carbocycles. The van der Waals surface area contributed by atoms with E-state index in [1.54, 1.807) is 0 Å². The molecule has 0 bridgehead atoms. The molecule has 24 heavy (non-hydrogen) atoms. The van der Waals surface area contributed by atoms with Gasteiger partial charge in [-0.1, -0.05) is 0 Å². The molecule has 0 aliphatic rings. The fourth-order valence-electron chi connectivity index (χ4n) is 1.62. The molecule has 9 nitrogen and oxygen atoms in total. The number of urea groups is 2. The van der Waals surface area contributed by atoms with Crippen molar-refractivity contribution in [1.82, 2.24) is 26.4 Å². The van der Waals surface area contributed by atoms with Crippen LogP contribution in [0, 0.1) is 0 Å². The average molecular weight is 341 g/mol. The number of nitrogens with one attached hydrogen (secondary N) is 4. The molecule has 0 atom stereocenters. The predicted molar refractivity (Wildman–Crippen MR) is 97.4 cm³/mol. The first-order chi connectivity index (χ1) is 11.3. The van der Waals surface area contributed by atoms with Crippen molar-refractivity contribution in [1.29, 1.82) is 0 Å². The third kappa shape index (κ3) is 14.8. The van der Waals surface area contributed by atoms with Crippen LogP contribution in [-0.2, 0) is 0 Å². The van der Waals surface area contributed by atoms with E-state index < -0.39 is 0 Å². The van der Waals surface area contributed by atoms with Crippen LogP contribution in [0.15, 0.2) is 10.2 Å². The smallest absolute Gasteiger partial charge is 0.335 e. The van der Waals surface area contributed by atoms with Gasteiger partial charge in [0.25, 0.3) is 0 Å². The zero-order chi connectivity index (χ0) is 18.4. The van der Waals surface area contributed by atoms with E-state index in [4.69, 9.17) is 0 Å². The summed E-state index contributed by atoms with van der Waals surface area (Å²) in [5.74, 6) is 0. The first kappa shape index (κ1) is 21.8. The number of rotatable bonds is 10. The van der Waals surface area contributed by atoms with Gasteiger partial charge in [-0.3, -0.25) is 0 Å². The lowest BCUT2D eigenvalue weighted by Crippen LogP contribution is -2.36. The predicted octanol–water partition coefficient (Wildman–Crippen LogP) is 1.09. The Morgan fingerprint density at radius 1 is 0.792 bits per heavy atom. The van der Waals surface area contributed by atoms with Crippen LogP contribution in [0.4, 0.5) is 9.59 Å². The van der Waals surface area contributed by atoms with E-state index in [0.717, 1.165) is 37.4 Å². The normalized spacial score (nSPS) is 9.92. The highest BCUT2D eigenvalue weighted by atomic mass is 16.2. The zero-order valence-electron chi connectivity index (χ0n) is 15.4. The average Bonchev–Trinajstić information content (AvgIpc) is 2.51. The highest BCUT2D eigenvalue weighted by Gasteiger charge is 2.02. The Hall–Kier alpha value is -2.16. The van der Waals surface area contributed by atoms with Crippen molar-refractivity contribution < 1.29 is 9.59 Å². The van der Waals surface area contributed by atoms with Crippen molar-refractivity contribution in [2.75, 3.05) is 33.2 Å². The van der Waals surface area contributed by atoms with E-state index in [9.17, 15) is 9.59 Å². The van der Waals surface area contributed by atoms with Gasteiger partial charge < -0.3 is 15.5 Å². The van der Waals surface area contributed by atoms with Crippen LogP contribution in [0.1, 0.15) is 40.5 Å². The van der Waals surface area contributed by atoms with E-state index in [1.807, 2.05) is 34.7 Å². The van der Waals surface area contributed by atoms with Crippen LogP contribution >= 0.6 is 0 Å². The summed E-state index contributed by atoms with van der Waals surface area (Å²) in [6.07, 6.45) is 1.69. The number of hydrogen-bond donors (Lipinski definition) is 4. The fraction of sp³-hybridized carbons (Fsp3) is 0.733. The van der Waals surface area contributed by atoms with Crippen molar-refractivity contribution in [3.8, 4) is 0 Å². The van der Waals surface area contributed by atoms with Gasteiger partial charge in [-0.25, -0.2) is 20.4 Å². The van der Waals surface area contributed by atoms with E-state index >= 15 is 0 Å². The molecule has 138 valence electrons. The summed E-state index contributed by atoms with van der Waals surface area (Å²) in [5.41, 5.74) is 6.41. The van der Waals surface area contributed by atoms with Gasteiger partial charge in [-0.15, -0.1) is 0 Å². The van der Waals surface area contributed by atoms with Gasteiger partial charge in [-0.05, 0) is 60.7 Å². The molecule has 0 aliphatic carbocycles. The molecule has 0 saturated heterocycles. The molecular formula is C15H31N7O2. The van der Waals surface area contributed by atoms with Crippen LogP contribution in [0.2, 0.25) is 0 Å². The quantitative estimate of drug-likeness (QED) is 0.271. The topological polar surface area (TPSA) is 110 Å². The summed E-state index contributed by atoms with van der Waals surface area (Å²) in [6.45, 7) is 10.1. The van der Waals surface area contributed by atoms with Gasteiger partial charge in [-0.2, -0.15) is 10.2 Å². The number of nitrogens with zero attached hydrogens (tertiary/aromatic N) is 3. The molecule has 0 fully saturated rings. The minimum absolute atomic E-state index is 0.293. The van der Waals surface area contributed by atoms with E-state index in [-0.39, 0.29) is 12.1 Å². The highest BCUT2D eigenvalue weighted by Crippen LogP contribution is 1.89. The number of amides is 4. The summed E-state index contributed by atoms with van der Waals surface area (Å²) >= 11 is 0. The molecule has 4 N–H and O–H groups in total. The summed E-state index contributed by atoms with van der Waals surface area (Å²) < 4.78 is 0. The van der Waals surface area contributed by atoms with E-state index in [2.05, 4.69) is 36.6 Å². The molecule has 0 rings (SSSR count). The van der Waals surface area contributed by atoms with Gasteiger partial charge in [0.2, 0.25) is 0 Å². The fourth-order valence-corrected chi connectivity index (χ4v) is 1.62. The third-order valence-corrected chi connectivity index (χ3v) is 2.77. The Kier molecular flexibility index (Phi) is 12.1. The van der Waals surface area contributed by atoms with Crippen molar-refractivity contribution in [2.45, 2.75) is 40.5 Å². The van der Waals surface area contributed by atoms with Crippen LogP contribution in [0.25, 0.3) is 0 Å². The molecule has 0 radical (unpaired) electrons. The number of carbonyl (C=O) groups excluding carboxylic acids is 2. The van der Waals surface area contributed by atoms with Crippen molar-refractivity contribution in [3.63, 3.8) is 0 Å². The molecule has 9 heteroatoms. The zero-order valence-corrected chi connectivity index (χ0v) is 15.4. The lowest BCUT2D eigenvalue weighted by Gasteiger charge is -2.16. The first-order valence-corrected chi connectivity index (χ1v) is 8.09. The molecule has 0 aromatic rings. The molecule has 0 aromatic heterocycles. The van der Waals surface area contributed by atoms with Gasteiger partial charge in [0.05, 0.1) is 0 Å². The molecule has 0 spiro atoms. The van der Waals surface area contributed by atoms with Crippen LogP contribution in [0.5, 0.6) is 0 Å². The first-order valence-electron chi connectivity index (χ1n) is 8.09. The van der Waals surface area contributed by atoms with E-state index in [0.29, 0.717) is 13.1 Å². The van der Waals surface area contributed by atoms with Crippen molar-refractivity contribution in [2.24, 2.45) is 10.2 Å². The Balaban J connectivity index is 3.58. The van der Waals surface area contributed by atoms with E-state index in [1.165, 1.54) is 0 Å². The largest absolute Gasteiger partial charge is 0.337 e. The molecular weight excluding hydrogens is 310 g/mol. The monoisotopic (exact) mass is 341 g/mol. The maximum atomic E-state index is 11.4. The Bertz CT molecular complexity index is 401. The van der Waals surface area contributed by atoms with Gasteiger partial charge in [0.15, 0.2) is 0 Å². The van der Waals surface area contributed by atoms with Crippen LogP contribution in [0.3, 0.4) is 0 Å². The highest BCUT2D eigenvalue weighted by molar-refractivity contribution is 5.82. The molecule has 0 heterocycles. The Morgan fingerprint density at radius 3 is 1.50 bits per heavy atom. The minimum atomic E-state index is -0.293. The maximum absolute atomic E-state index is 11.4. The maximum Gasteiger partial charge on any atom is 0.335 e. The number of carbonyl (C=O) groups is 2. The van der Waals surface area contributed by atoms with Gasteiger partial charge in [0.1, 0.15) is 0 Å². The second kappa shape index (κ2) is 13.3. The van der Waals surface area contributed by atoms with Gasteiger partial charge in [0, 0.05) is 24.5 Å².